The van der Waals surface area contributed by atoms with E-state index < -0.39 is 0 Å². The number of quaternary nitrogens is 1. The maximum absolute atomic E-state index is 3.87. The number of nitrogens with zero attached hydrogens (tertiary/aromatic N) is 1. The molecule has 2 heteroatoms. The van der Waals surface area contributed by atoms with Crippen LogP contribution in [0.25, 0.3) is 0 Å². The monoisotopic (exact) mass is 173 g/mol. The second-order valence-electron chi connectivity index (χ2n) is 4.67. The zero-order chi connectivity index (χ0) is 9.78. The van der Waals surface area contributed by atoms with Crippen molar-refractivity contribution in [2.75, 3.05) is 13.1 Å². The molecule has 74 valence electrons. The lowest BCUT2D eigenvalue weighted by atomic mass is 10.0. The molecule has 0 aliphatic heterocycles. The molecule has 0 aromatic carbocycles. The van der Waals surface area contributed by atoms with Crippen LogP contribution in [-0.4, -0.2) is 29.6 Å². The van der Waals surface area contributed by atoms with Crippen molar-refractivity contribution in [3.8, 4) is 0 Å². The molecule has 0 bridgehead atoms. The molecule has 0 aliphatic rings. The minimum atomic E-state index is 0.295. The van der Waals surface area contributed by atoms with Crippen LogP contribution in [0, 0.1) is 0 Å². The van der Waals surface area contributed by atoms with Gasteiger partial charge in [0.2, 0.25) is 0 Å². The Balaban J connectivity index is 4.05. The molecule has 0 aromatic rings. The molecule has 0 amide bonds. The fourth-order valence-corrected chi connectivity index (χ4v) is 1.65. The third-order valence-corrected chi connectivity index (χ3v) is 2.13. The molecule has 0 atom stereocenters. The van der Waals surface area contributed by atoms with Crippen LogP contribution >= 0.6 is 0 Å². The van der Waals surface area contributed by atoms with E-state index in [4.69, 9.17) is 0 Å². The zero-order valence-corrected chi connectivity index (χ0v) is 9.35. The molecule has 0 radical (unpaired) electrons. The van der Waals surface area contributed by atoms with Crippen LogP contribution in [0.2, 0.25) is 0 Å². The van der Waals surface area contributed by atoms with E-state index in [1.54, 1.807) is 0 Å². The topological polar surface area (TPSA) is 30.9 Å². The highest BCUT2D eigenvalue weighted by atomic mass is 15.2. The van der Waals surface area contributed by atoms with Crippen molar-refractivity contribution in [1.29, 1.82) is 0 Å². The van der Waals surface area contributed by atoms with Gasteiger partial charge in [0.15, 0.2) is 0 Å². The van der Waals surface area contributed by atoms with Gasteiger partial charge in [-0.2, -0.15) is 0 Å². The number of hydrogen-bond donors (Lipinski definition) is 1. The van der Waals surface area contributed by atoms with Gasteiger partial charge >= 0.3 is 0 Å². The van der Waals surface area contributed by atoms with Crippen LogP contribution in [-0.2, 0) is 0 Å². The lowest BCUT2D eigenvalue weighted by Gasteiger charge is -2.38. The van der Waals surface area contributed by atoms with Crippen LogP contribution in [0.1, 0.15) is 41.0 Å². The first-order valence-corrected chi connectivity index (χ1v) is 4.95. The molecule has 0 spiro atoms. The van der Waals surface area contributed by atoms with Gasteiger partial charge in [0.05, 0.1) is 6.54 Å². The maximum Gasteiger partial charge on any atom is 0.0752 e. The first-order chi connectivity index (χ1) is 5.39. The highest BCUT2D eigenvalue weighted by molar-refractivity contribution is 4.78. The fraction of sp³-hybridized carbons (Fsp3) is 1.00. The second kappa shape index (κ2) is 4.83. The molecular weight excluding hydrogens is 148 g/mol. The molecule has 0 saturated heterocycles. The van der Waals surface area contributed by atoms with E-state index in [-0.39, 0.29) is 0 Å². The van der Waals surface area contributed by atoms with E-state index in [0.29, 0.717) is 11.6 Å². The average molecular weight is 173 g/mol. The molecule has 0 saturated carbocycles. The van der Waals surface area contributed by atoms with Gasteiger partial charge in [-0.3, -0.25) is 4.90 Å². The maximum atomic E-state index is 3.87. The van der Waals surface area contributed by atoms with E-state index in [2.05, 4.69) is 45.3 Å². The average Bonchev–Trinajstić information content (AvgIpc) is 1.84. The van der Waals surface area contributed by atoms with Gasteiger partial charge in [-0.05, 0) is 34.6 Å². The predicted octanol–water partition coefficient (Wildman–Crippen LogP) is 1.13. The summed E-state index contributed by atoms with van der Waals surface area (Å²) >= 11 is 0. The van der Waals surface area contributed by atoms with Crippen LogP contribution in [0.15, 0.2) is 0 Å². The van der Waals surface area contributed by atoms with Crippen molar-refractivity contribution in [2.24, 2.45) is 0 Å². The van der Waals surface area contributed by atoms with Crippen molar-refractivity contribution in [3.05, 3.63) is 0 Å². The molecule has 0 fully saturated rings. The van der Waals surface area contributed by atoms with Gasteiger partial charge < -0.3 is 5.73 Å². The Hall–Kier alpha value is -0.0800. The Labute approximate surface area is 77.1 Å². The Morgan fingerprint density at radius 3 is 2.00 bits per heavy atom. The van der Waals surface area contributed by atoms with E-state index in [9.17, 15) is 0 Å². The lowest BCUT2D eigenvalue weighted by molar-refractivity contribution is -0.368. The summed E-state index contributed by atoms with van der Waals surface area (Å²) in [5.74, 6) is 0. The summed E-state index contributed by atoms with van der Waals surface area (Å²) in [6.07, 6.45) is 1.20. The third kappa shape index (κ3) is 4.07. The van der Waals surface area contributed by atoms with Gasteiger partial charge in [0, 0.05) is 24.5 Å². The molecule has 0 rings (SSSR count). The smallest absolute Gasteiger partial charge is 0.0752 e. The quantitative estimate of drug-likeness (QED) is 0.679. The number of hydrogen-bond acceptors (Lipinski definition) is 1. The van der Waals surface area contributed by atoms with Gasteiger partial charge in [0.25, 0.3) is 0 Å². The molecule has 0 unspecified atom stereocenters. The van der Waals surface area contributed by atoms with E-state index >= 15 is 0 Å². The summed E-state index contributed by atoms with van der Waals surface area (Å²) in [4.78, 5) is 2.53. The van der Waals surface area contributed by atoms with Gasteiger partial charge in [-0.1, -0.05) is 0 Å². The number of rotatable bonds is 4. The summed E-state index contributed by atoms with van der Waals surface area (Å²) in [6, 6.07) is 0.636. The van der Waals surface area contributed by atoms with E-state index in [1.165, 1.54) is 13.0 Å². The van der Waals surface area contributed by atoms with Gasteiger partial charge in [-0.25, -0.2) is 0 Å². The Kier molecular flexibility index (Phi) is 4.80. The van der Waals surface area contributed by atoms with Crippen LogP contribution in [0.4, 0.5) is 0 Å². The molecule has 0 heterocycles. The Bertz CT molecular complexity index is 113. The van der Waals surface area contributed by atoms with E-state index in [0.717, 1.165) is 6.54 Å². The molecule has 0 aromatic heterocycles. The molecule has 3 N–H and O–H groups in total. The van der Waals surface area contributed by atoms with Crippen molar-refractivity contribution < 1.29 is 5.73 Å². The van der Waals surface area contributed by atoms with Gasteiger partial charge in [-0.15, -0.1) is 0 Å². The van der Waals surface area contributed by atoms with E-state index in [1.807, 2.05) is 0 Å². The summed E-state index contributed by atoms with van der Waals surface area (Å²) in [5.41, 5.74) is 4.17. The summed E-state index contributed by atoms with van der Waals surface area (Å²) in [6.45, 7) is 13.6. The minimum Gasteiger partial charge on any atom is -0.358 e. The largest absolute Gasteiger partial charge is 0.358 e. The van der Waals surface area contributed by atoms with Gasteiger partial charge in [0.1, 0.15) is 0 Å². The third-order valence-electron chi connectivity index (χ3n) is 2.13. The molecule has 12 heavy (non-hydrogen) atoms. The van der Waals surface area contributed by atoms with Crippen LogP contribution in [0.3, 0.4) is 0 Å². The van der Waals surface area contributed by atoms with Crippen LogP contribution < -0.4 is 5.73 Å². The molecule has 2 nitrogen and oxygen atoms in total. The summed E-state index contributed by atoms with van der Waals surface area (Å²) < 4.78 is 0. The first-order valence-electron chi connectivity index (χ1n) is 4.95. The summed E-state index contributed by atoms with van der Waals surface area (Å²) in [5, 5.41) is 0. The molecule has 0 aliphatic carbocycles. The summed E-state index contributed by atoms with van der Waals surface area (Å²) in [7, 11) is 0. The Morgan fingerprint density at radius 2 is 1.75 bits per heavy atom. The van der Waals surface area contributed by atoms with Crippen molar-refractivity contribution in [3.63, 3.8) is 0 Å². The highest BCUT2D eigenvalue weighted by Crippen LogP contribution is 2.16. The predicted molar refractivity (Wildman–Crippen MR) is 54.0 cm³/mol. The standard InChI is InChI=1S/C10H24N2/c1-9(2)12(8-6-7-11)10(3,4)5/h9H,6-8,11H2,1-5H3/p+1. The SMILES string of the molecule is CC(C)N(CCC[NH3+])C(C)(C)C. The van der Waals surface area contributed by atoms with Crippen LogP contribution in [0.5, 0.6) is 0 Å². The Morgan fingerprint density at radius 1 is 1.25 bits per heavy atom. The lowest BCUT2D eigenvalue weighted by Crippen LogP contribution is -2.53. The molecular formula is C10H25N2+. The first kappa shape index (κ1) is 11.9. The zero-order valence-electron chi connectivity index (χ0n) is 9.35. The normalized spacial score (nSPS) is 13.0. The van der Waals surface area contributed by atoms with Crippen molar-refractivity contribution in [2.45, 2.75) is 52.6 Å². The minimum absolute atomic E-state index is 0.295. The fourth-order valence-electron chi connectivity index (χ4n) is 1.65. The highest BCUT2D eigenvalue weighted by Gasteiger charge is 2.22. The van der Waals surface area contributed by atoms with Crippen molar-refractivity contribution >= 4 is 0 Å². The van der Waals surface area contributed by atoms with Crippen molar-refractivity contribution in [1.82, 2.24) is 4.90 Å². The second-order valence-corrected chi connectivity index (χ2v) is 4.67.